The van der Waals surface area contributed by atoms with Gasteiger partial charge in [0.25, 0.3) is 5.91 Å². The smallest absolute Gasteiger partial charge is 0.255 e. The molecular weight excluding hydrogens is 376 g/mol. The van der Waals surface area contributed by atoms with E-state index in [0.717, 1.165) is 38.9 Å². The lowest BCUT2D eigenvalue weighted by Crippen LogP contribution is -2.40. The Hall–Kier alpha value is -3.86. The summed E-state index contributed by atoms with van der Waals surface area (Å²) < 4.78 is 0. The van der Waals surface area contributed by atoms with Gasteiger partial charge in [0.05, 0.1) is 24.2 Å². The van der Waals surface area contributed by atoms with E-state index in [-0.39, 0.29) is 5.91 Å². The van der Waals surface area contributed by atoms with E-state index in [9.17, 15) is 14.7 Å². The molecule has 5 nitrogen and oxygen atoms in total. The SMILES string of the molecule is Cc1ccc(-c2[nH]c3ccccc3c2[C@@H]2c3ccccc3C(=O)N2CC(=O)[O-])cc1. The molecule has 1 aliphatic heterocycles. The maximum absolute atomic E-state index is 13.1. The molecule has 0 bridgehead atoms. The van der Waals surface area contributed by atoms with Crippen molar-refractivity contribution in [2.24, 2.45) is 0 Å². The topological polar surface area (TPSA) is 76.2 Å². The summed E-state index contributed by atoms with van der Waals surface area (Å²) in [7, 11) is 0. The predicted octanol–water partition coefficient (Wildman–Crippen LogP) is 3.44. The zero-order valence-electron chi connectivity index (χ0n) is 16.4. The molecule has 1 aliphatic rings. The van der Waals surface area contributed by atoms with Crippen LogP contribution in [0.25, 0.3) is 22.2 Å². The van der Waals surface area contributed by atoms with Crippen LogP contribution in [0.1, 0.15) is 33.1 Å². The van der Waals surface area contributed by atoms with Gasteiger partial charge in [0, 0.05) is 22.0 Å². The fourth-order valence-electron chi connectivity index (χ4n) is 4.38. The van der Waals surface area contributed by atoms with Crippen molar-refractivity contribution in [2.45, 2.75) is 13.0 Å². The van der Waals surface area contributed by atoms with E-state index in [2.05, 4.69) is 4.98 Å². The summed E-state index contributed by atoms with van der Waals surface area (Å²) >= 11 is 0. The van der Waals surface area contributed by atoms with Crippen LogP contribution in [-0.4, -0.2) is 28.3 Å². The van der Waals surface area contributed by atoms with Crippen LogP contribution in [0.5, 0.6) is 0 Å². The number of nitrogens with one attached hydrogen (secondary N) is 1. The molecule has 3 aromatic carbocycles. The summed E-state index contributed by atoms with van der Waals surface area (Å²) in [6.07, 6.45) is 0. The molecule has 2 heterocycles. The molecule has 5 heteroatoms. The molecule has 0 saturated carbocycles. The second-order valence-electron chi connectivity index (χ2n) is 7.62. The number of aliphatic carboxylic acids is 1. The summed E-state index contributed by atoms with van der Waals surface area (Å²) in [5.74, 6) is -1.57. The number of rotatable bonds is 4. The molecule has 30 heavy (non-hydrogen) atoms. The maximum atomic E-state index is 13.1. The second kappa shape index (κ2) is 6.88. The standard InChI is InChI=1S/C25H20N2O3/c1-15-10-12-16(13-11-15)23-22(19-8-4-5-9-20(19)26-23)24-17-6-2-3-7-18(17)25(30)27(24)14-21(28)29/h2-13,24,26H,14H2,1H3,(H,28,29)/p-1/t24-/m0/s1. The third-order valence-corrected chi connectivity index (χ3v) is 5.72. The summed E-state index contributed by atoms with van der Waals surface area (Å²) in [4.78, 5) is 29.5. The third kappa shape index (κ3) is 2.78. The Kier molecular flexibility index (Phi) is 4.17. The highest BCUT2D eigenvalue weighted by Crippen LogP contribution is 2.45. The average Bonchev–Trinajstić information content (AvgIpc) is 3.24. The number of fused-ring (bicyclic) bond motifs is 2. The molecule has 1 N–H and O–H groups in total. The maximum Gasteiger partial charge on any atom is 0.255 e. The molecule has 0 fully saturated rings. The first-order valence-corrected chi connectivity index (χ1v) is 9.82. The second-order valence-corrected chi connectivity index (χ2v) is 7.62. The lowest BCUT2D eigenvalue weighted by atomic mass is 9.93. The van der Waals surface area contributed by atoms with Crippen molar-refractivity contribution in [3.8, 4) is 11.3 Å². The molecular formula is C25H19N2O3-. The highest BCUT2D eigenvalue weighted by Gasteiger charge is 2.40. The first kappa shape index (κ1) is 18.2. The normalized spacial score (nSPS) is 15.6. The number of hydrogen-bond donors (Lipinski definition) is 1. The van der Waals surface area contributed by atoms with Crippen molar-refractivity contribution >= 4 is 22.8 Å². The number of amides is 1. The minimum absolute atomic E-state index is 0.292. The number of carboxylic acid groups (broad SMARTS) is 1. The highest BCUT2D eigenvalue weighted by atomic mass is 16.4. The molecule has 4 aromatic rings. The number of carbonyl (C=O) groups is 2. The Balaban J connectivity index is 1.80. The first-order valence-electron chi connectivity index (χ1n) is 9.82. The largest absolute Gasteiger partial charge is 0.548 e. The van der Waals surface area contributed by atoms with Crippen LogP contribution in [-0.2, 0) is 4.79 Å². The number of H-pyrrole nitrogens is 1. The van der Waals surface area contributed by atoms with E-state index < -0.39 is 18.6 Å². The number of aromatic nitrogens is 1. The fraction of sp³-hybridized carbons (Fsp3) is 0.120. The molecule has 148 valence electrons. The predicted molar refractivity (Wildman–Crippen MR) is 113 cm³/mol. The zero-order valence-corrected chi connectivity index (χ0v) is 16.4. The minimum atomic E-state index is -1.28. The van der Waals surface area contributed by atoms with Crippen molar-refractivity contribution in [3.63, 3.8) is 0 Å². The summed E-state index contributed by atoms with van der Waals surface area (Å²) in [6.45, 7) is 1.56. The van der Waals surface area contributed by atoms with E-state index in [1.165, 1.54) is 4.90 Å². The Morgan fingerprint density at radius 1 is 1.00 bits per heavy atom. The van der Waals surface area contributed by atoms with Gasteiger partial charge in [-0.25, -0.2) is 0 Å². The van der Waals surface area contributed by atoms with Gasteiger partial charge in [0.1, 0.15) is 0 Å². The number of carboxylic acids is 1. The van der Waals surface area contributed by atoms with Crippen LogP contribution in [0.2, 0.25) is 0 Å². The van der Waals surface area contributed by atoms with Gasteiger partial charge in [0.2, 0.25) is 0 Å². The molecule has 1 atom stereocenters. The van der Waals surface area contributed by atoms with Gasteiger partial charge < -0.3 is 19.8 Å². The van der Waals surface area contributed by atoms with Crippen LogP contribution in [0.4, 0.5) is 0 Å². The van der Waals surface area contributed by atoms with Crippen molar-refractivity contribution < 1.29 is 14.7 Å². The molecule has 0 radical (unpaired) electrons. The summed E-state index contributed by atoms with van der Waals surface area (Å²) in [5, 5.41) is 12.5. The molecule has 0 aliphatic carbocycles. The van der Waals surface area contributed by atoms with E-state index in [0.29, 0.717) is 5.56 Å². The number of aromatic amines is 1. The van der Waals surface area contributed by atoms with E-state index >= 15 is 0 Å². The first-order chi connectivity index (χ1) is 14.5. The minimum Gasteiger partial charge on any atom is -0.548 e. The summed E-state index contributed by atoms with van der Waals surface area (Å²) in [6, 6.07) is 22.9. The number of nitrogens with zero attached hydrogens (tertiary/aromatic N) is 1. The van der Waals surface area contributed by atoms with Crippen molar-refractivity contribution in [2.75, 3.05) is 6.54 Å². The lowest BCUT2D eigenvalue weighted by Gasteiger charge is -2.27. The molecule has 5 rings (SSSR count). The molecule has 0 saturated heterocycles. The van der Waals surface area contributed by atoms with Crippen LogP contribution in [0.15, 0.2) is 72.8 Å². The van der Waals surface area contributed by atoms with Crippen LogP contribution >= 0.6 is 0 Å². The van der Waals surface area contributed by atoms with Gasteiger partial charge in [-0.15, -0.1) is 0 Å². The Labute approximate surface area is 173 Å². The Morgan fingerprint density at radius 2 is 1.70 bits per heavy atom. The number of aryl methyl sites for hydroxylation is 1. The molecule has 1 aromatic heterocycles. The van der Waals surface area contributed by atoms with Crippen LogP contribution < -0.4 is 5.11 Å². The molecule has 0 unspecified atom stereocenters. The Morgan fingerprint density at radius 3 is 2.47 bits per heavy atom. The Bertz CT molecular complexity index is 1290. The van der Waals surface area contributed by atoms with Gasteiger partial charge in [0.15, 0.2) is 0 Å². The van der Waals surface area contributed by atoms with Crippen molar-refractivity contribution in [3.05, 3.63) is 95.1 Å². The van der Waals surface area contributed by atoms with Crippen LogP contribution in [0.3, 0.4) is 0 Å². The monoisotopic (exact) mass is 395 g/mol. The third-order valence-electron chi connectivity index (χ3n) is 5.72. The highest BCUT2D eigenvalue weighted by molar-refractivity contribution is 6.03. The summed E-state index contributed by atoms with van der Waals surface area (Å²) in [5.41, 5.74) is 6.19. The van der Waals surface area contributed by atoms with Gasteiger partial charge in [-0.2, -0.15) is 0 Å². The number of benzene rings is 3. The molecule has 0 spiro atoms. The van der Waals surface area contributed by atoms with Crippen LogP contribution in [0, 0.1) is 6.92 Å². The van der Waals surface area contributed by atoms with Gasteiger partial charge in [-0.05, 0) is 30.2 Å². The number of carbonyl (C=O) groups excluding carboxylic acids is 2. The van der Waals surface area contributed by atoms with E-state index in [4.69, 9.17) is 0 Å². The zero-order chi connectivity index (χ0) is 20.8. The van der Waals surface area contributed by atoms with Crippen molar-refractivity contribution in [1.82, 2.24) is 9.88 Å². The number of para-hydroxylation sites is 1. The fourth-order valence-corrected chi connectivity index (χ4v) is 4.38. The lowest BCUT2D eigenvalue weighted by molar-refractivity contribution is -0.305. The van der Waals surface area contributed by atoms with E-state index in [1.807, 2.05) is 67.6 Å². The molecule has 1 amide bonds. The number of hydrogen-bond acceptors (Lipinski definition) is 3. The van der Waals surface area contributed by atoms with Gasteiger partial charge in [-0.1, -0.05) is 66.2 Å². The van der Waals surface area contributed by atoms with Crippen molar-refractivity contribution in [1.29, 1.82) is 0 Å². The average molecular weight is 395 g/mol. The quantitative estimate of drug-likeness (QED) is 0.575. The van der Waals surface area contributed by atoms with Gasteiger partial charge in [-0.3, -0.25) is 4.79 Å². The van der Waals surface area contributed by atoms with Gasteiger partial charge >= 0.3 is 0 Å². The van der Waals surface area contributed by atoms with E-state index in [1.54, 1.807) is 12.1 Å².